The zero-order valence-electron chi connectivity index (χ0n) is 19.1. The minimum Gasteiger partial charge on any atom is -0.493 e. The van der Waals surface area contributed by atoms with Gasteiger partial charge in [0.05, 0.1) is 22.8 Å². The summed E-state index contributed by atoms with van der Waals surface area (Å²) >= 11 is 0. The van der Waals surface area contributed by atoms with E-state index < -0.39 is 16.0 Å². The number of aryl methyl sites for hydroxylation is 1. The lowest BCUT2D eigenvalue weighted by Crippen LogP contribution is -2.14. The van der Waals surface area contributed by atoms with E-state index in [4.69, 9.17) is 9.84 Å². The molecule has 0 saturated carbocycles. The monoisotopic (exact) mass is 490 g/mol. The molecule has 0 aliphatic heterocycles. The number of rotatable bonds is 12. The van der Waals surface area contributed by atoms with Gasteiger partial charge in [0.2, 0.25) is 0 Å². The molecule has 0 fully saturated rings. The molecule has 0 aliphatic carbocycles. The van der Waals surface area contributed by atoms with E-state index in [0.717, 1.165) is 5.56 Å². The summed E-state index contributed by atoms with van der Waals surface area (Å²) in [6.45, 7) is 0.455. The molecule has 0 radical (unpaired) electrons. The lowest BCUT2D eigenvalue weighted by atomic mass is 10.1. The summed E-state index contributed by atoms with van der Waals surface area (Å²) < 4.78 is 33.6. The summed E-state index contributed by atoms with van der Waals surface area (Å²) in [5.74, 6) is -0.165. The van der Waals surface area contributed by atoms with E-state index in [0.29, 0.717) is 37.2 Å². The third-order valence-electron chi connectivity index (χ3n) is 5.16. The Morgan fingerprint density at radius 1 is 1.03 bits per heavy atom. The number of ether oxygens (including phenoxy) is 1. The van der Waals surface area contributed by atoms with E-state index in [1.54, 1.807) is 42.5 Å². The van der Waals surface area contributed by atoms with Crippen molar-refractivity contribution >= 4 is 27.8 Å². The fourth-order valence-electron chi connectivity index (χ4n) is 3.41. The van der Waals surface area contributed by atoms with Gasteiger partial charge in [0.1, 0.15) is 11.8 Å². The van der Waals surface area contributed by atoms with E-state index >= 15 is 0 Å². The minimum atomic E-state index is -3.81. The largest absolute Gasteiger partial charge is 0.493 e. The van der Waals surface area contributed by atoms with Crippen molar-refractivity contribution in [3.8, 4) is 11.8 Å². The first-order valence-electron chi connectivity index (χ1n) is 11.1. The molecule has 0 unspecified atom stereocenters. The molecule has 3 aromatic rings. The van der Waals surface area contributed by atoms with Gasteiger partial charge in [0.25, 0.3) is 10.0 Å². The molecule has 180 valence electrons. The Morgan fingerprint density at radius 2 is 1.77 bits per heavy atom. The van der Waals surface area contributed by atoms with Gasteiger partial charge in [-0.15, -0.1) is 0 Å². The second-order valence-electron chi connectivity index (χ2n) is 7.69. The highest BCUT2D eigenvalue weighted by Crippen LogP contribution is 2.24. The molecule has 7 nitrogen and oxygen atoms in total. The second-order valence-corrected chi connectivity index (χ2v) is 9.38. The number of anilines is 1. The Morgan fingerprint density at radius 3 is 2.51 bits per heavy atom. The normalized spacial score (nSPS) is 11.2. The van der Waals surface area contributed by atoms with Gasteiger partial charge in [-0.25, -0.2) is 8.42 Å². The van der Waals surface area contributed by atoms with E-state index in [2.05, 4.69) is 10.8 Å². The average Bonchev–Trinajstić information content (AvgIpc) is 2.86. The summed E-state index contributed by atoms with van der Waals surface area (Å²) in [4.78, 5) is 11.0. The van der Waals surface area contributed by atoms with Crippen molar-refractivity contribution in [2.45, 2.75) is 30.6 Å². The minimum absolute atomic E-state index is 0.0465. The van der Waals surface area contributed by atoms with Crippen LogP contribution in [0.5, 0.6) is 5.75 Å². The van der Waals surface area contributed by atoms with Crippen molar-refractivity contribution in [2.75, 3.05) is 11.3 Å². The highest BCUT2D eigenvalue weighted by atomic mass is 32.2. The van der Waals surface area contributed by atoms with Crippen molar-refractivity contribution in [1.29, 1.82) is 5.26 Å². The first kappa shape index (κ1) is 25.5. The number of nitrogens with one attached hydrogen (secondary N) is 1. The summed E-state index contributed by atoms with van der Waals surface area (Å²) in [5, 5.41) is 18.6. The van der Waals surface area contributed by atoms with Crippen LogP contribution < -0.4 is 9.46 Å². The molecule has 0 amide bonds. The Kier molecular flexibility index (Phi) is 9.04. The molecule has 35 heavy (non-hydrogen) atoms. The first-order chi connectivity index (χ1) is 16.9. The number of sulfonamides is 1. The predicted molar refractivity (Wildman–Crippen MR) is 135 cm³/mol. The van der Waals surface area contributed by atoms with Crippen LogP contribution in [0.4, 0.5) is 5.69 Å². The van der Waals surface area contributed by atoms with Crippen LogP contribution in [0.3, 0.4) is 0 Å². The number of unbranched alkanes of at least 4 members (excludes halogenated alkanes) is 1. The Hall–Kier alpha value is -4.09. The zero-order chi connectivity index (χ0) is 25.1. The molecular formula is C27H26N2O5S. The summed E-state index contributed by atoms with van der Waals surface area (Å²) in [6.07, 6.45) is 5.55. The van der Waals surface area contributed by atoms with Crippen LogP contribution in [0, 0.1) is 11.3 Å². The zero-order valence-corrected chi connectivity index (χ0v) is 19.9. The maximum Gasteiger partial charge on any atom is 0.303 e. The van der Waals surface area contributed by atoms with E-state index in [9.17, 15) is 18.5 Å². The van der Waals surface area contributed by atoms with Crippen LogP contribution in [0.25, 0.3) is 6.08 Å². The summed E-state index contributed by atoms with van der Waals surface area (Å²) in [7, 11) is -3.81. The Bertz CT molecular complexity index is 1330. The maximum atomic E-state index is 12.6. The van der Waals surface area contributed by atoms with Gasteiger partial charge < -0.3 is 9.84 Å². The van der Waals surface area contributed by atoms with Crippen molar-refractivity contribution in [3.05, 3.63) is 95.6 Å². The molecule has 8 heteroatoms. The van der Waals surface area contributed by atoms with Crippen LogP contribution in [0.15, 0.2) is 83.8 Å². The van der Waals surface area contributed by atoms with Crippen LogP contribution >= 0.6 is 0 Å². The quantitative estimate of drug-likeness (QED) is 0.335. The molecule has 0 aliphatic rings. The topological polar surface area (TPSA) is 116 Å². The van der Waals surface area contributed by atoms with Crippen LogP contribution in [-0.2, 0) is 21.2 Å². The average molecular weight is 491 g/mol. The van der Waals surface area contributed by atoms with Crippen molar-refractivity contribution in [1.82, 2.24) is 0 Å². The highest BCUT2D eigenvalue weighted by molar-refractivity contribution is 7.92. The Balaban J connectivity index is 1.59. The number of benzene rings is 3. The van der Waals surface area contributed by atoms with Gasteiger partial charge in [-0.2, -0.15) is 5.26 Å². The van der Waals surface area contributed by atoms with E-state index in [-0.39, 0.29) is 22.6 Å². The number of hydrogen-bond acceptors (Lipinski definition) is 5. The third-order valence-corrected chi connectivity index (χ3v) is 6.54. The van der Waals surface area contributed by atoms with Crippen molar-refractivity contribution in [3.63, 3.8) is 0 Å². The first-order valence-corrected chi connectivity index (χ1v) is 12.6. The predicted octanol–water partition coefficient (Wildman–Crippen LogP) is 5.25. The molecule has 2 N–H and O–H groups in total. The fourth-order valence-corrected chi connectivity index (χ4v) is 4.50. The molecule has 0 heterocycles. The number of nitrogens with zero attached hydrogens (tertiary/aromatic N) is 1. The maximum absolute atomic E-state index is 12.6. The van der Waals surface area contributed by atoms with Gasteiger partial charge in [-0.3, -0.25) is 9.52 Å². The van der Waals surface area contributed by atoms with Gasteiger partial charge in [-0.05, 0) is 54.7 Å². The van der Waals surface area contributed by atoms with Gasteiger partial charge in [0.15, 0.2) is 0 Å². The number of carboxylic acids is 1. The van der Waals surface area contributed by atoms with Gasteiger partial charge in [0, 0.05) is 6.42 Å². The number of para-hydroxylation sites is 1. The standard InChI is InChI=1S/C27H26N2O5S/c28-20-24-21(12-9-15-25(24)29-35(32,33)23-13-4-1-5-14-23)10-3-2-8-19-34-26-16-7-6-11-22(26)17-18-27(30)31/h1,3-7,9-16,29H,2,8,17-19H2,(H,30,31)/b10-3+. The van der Waals surface area contributed by atoms with Crippen LogP contribution in [0.1, 0.15) is 36.0 Å². The summed E-state index contributed by atoms with van der Waals surface area (Å²) in [5.41, 5.74) is 1.94. The molecule has 3 rings (SSSR count). The number of carboxylic acid groups (broad SMARTS) is 1. The lowest BCUT2D eigenvalue weighted by Gasteiger charge is -2.11. The highest BCUT2D eigenvalue weighted by Gasteiger charge is 2.16. The molecule has 0 saturated heterocycles. The molecule has 3 aromatic carbocycles. The Labute approximate surface area is 205 Å². The second kappa shape index (κ2) is 12.4. The smallest absolute Gasteiger partial charge is 0.303 e. The number of allylic oxidation sites excluding steroid dienone is 1. The van der Waals surface area contributed by atoms with Crippen LogP contribution in [0.2, 0.25) is 0 Å². The van der Waals surface area contributed by atoms with Gasteiger partial charge >= 0.3 is 5.97 Å². The number of nitriles is 1. The number of hydrogen-bond donors (Lipinski definition) is 2. The van der Waals surface area contributed by atoms with E-state index in [1.165, 1.54) is 12.1 Å². The molecule has 0 atom stereocenters. The van der Waals surface area contributed by atoms with E-state index in [1.807, 2.05) is 30.3 Å². The van der Waals surface area contributed by atoms with Crippen molar-refractivity contribution in [2.24, 2.45) is 0 Å². The third kappa shape index (κ3) is 7.45. The van der Waals surface area contributed by atoms with Crippen molar-refractivity contribution < 1.29 is 23.1 Å². The summed E-state index contributed by atoms with van der Waals surface area (Å²) in [6, 6.07) is 22.5. The fraction of sp³-hybridized carbons (Fsp3) is 0.185. The molecular weight excluding hydrogens is 464 g/mol. The molecule has 0 bridgehead atoms. The molecule has 0 aromatic heterocycles. The SMILES string of the molecule is N#Cc1c(/C=C/CCCOc2ccccc2CCC(=O)O)cccc1NS(=O)(=O)c1ccccc1. The molecule has 0 spiro atoms. The lowest BCUT2D eigenvalue weighted by molar-refractivity contribution is -0.136. The number of aliphatic carboxylic acids is 1. The van der Waals surface area contributed by atoms with Gasteiger partial charge in [-0.1, -0.05) is 60.7 Å². The number of carbonyl (C=O) groups is 1. The van der Waals surface area contributed by atoms with Crippen LogP contribution in [-0.4, -0.2) is 26.1 Å².